The van der Waals surface area contributed by atoms with Crippen molar-refractivity contribution >= 4 is 6.01 Å². The van der Waals surface area contributed by atoms with Gasteiger partial charge in [-0.25, -0.2) is 0 Å². The summed E-state index contributed by atoms with van der Waals surface area (Å²) in [6.45, 7) is 4.27. The second-order valence-electron chi connectivity index (χ2n) is 4.32. The number of aromatic nitrogens is 1. The number of benzene rings is 1. The number of anilines is 1. The third-order valence-electron chi connectivity index (χ3n) is 2.92. The summed E-state index contributed by atoms with van der Waals surface area (Å²) in [6, 6.07) is 7.15. The number of nitrogens with one attached hydrogen (secondary N) is 1. The van der Waals surface area contributed by atoms with Crippen LogP contribution >= 0.6 is 0 Å². The summed E-state index contributed by atoms with van der Waals surface area (Å²) in [5.41, 5.74) is 5.03. The van der Waals surface area contributed by atoms with Gasteiger partial charge in [-0.05, 0) is 37.8 Å². The van der Waals surface area contributed by atoms with Crippen LogP contribution in [0.5, 0.6) is 0 Å². The van der Waals surface area contributed by atoms with E-state index in [0.29, 0.717) is 6.01 Å². The highest BCUT2D eigenvalue weighted by atomic mass is 16.4. The van der Waals surface area contributed by atoms with E-state index in [1.165, 1.54) is 16.7 Å². The fraction of sp³-hybridized carbons (Fsp3) is 0.357. The van der Waals surface area contributed by atoms with Crippen LogP contribution < -0.4 is 5.32 Å². The van der Waals surface area contributed by atoms with Crippen molar-refractivity contribution in [2.45, 2.75) is 26.7 Å². The molecule has 2 rings (SSSR count). The van der Waals surface area contributed by atoms with E-state index >= 15 is 0 Å². The number of hydrogen-bond acceptors (Lipinski definition) is 3. The summed E-state index contributed by atoms with van der Waals surface area (Å²) in [5.74, 6) is 0. The molecule has 0 spiro atoms. The zero-order valence-corrected chi connectivity index (χ0v) is 10.6. The van der Waals surface area contributed by atoms with Gasteiger partial charge in [0.15, 0.2) is 0 Å². The van der Waals surface area contributed by atoms with E-state index in [1.807, 2.05) is 0 Å². The van der Waals surface area contributed by atoms with Crippen LogP contribution in [0.15, 0.2) is 28.9 Å². The van der Waals surface area contributed by atoms with Gasteiger partial charge < -0.3 is 9.73 Å². The van der Waals surface area contributed by atoms with Crippen LogP contribution in [0.1, 0.15) is 22.4 Å². The Balaban J connectivity index is 2.04. The van der Waals surface area contributed by atoms with Crippen molar-refractivity contribution in [2.24, 2.45) is 0 Å². The molecule has 1 aromatic carbocycles. The number of hydrogen-bond donors (Lipinski definition) is 1. The fourth-order valence-corrected chi connectivity index (χ4v) is 1.87. The molecule has 0 unspecified atom stereocenters. The lowest BCUT2D eigenvalue weighted by atomic mass is 10.0. The lowest BCUT2D eigenvalue weighted by molar-refractivity contribution is 0.573. The zero-order chi connectivity index (χ0) is 12.3. The monoisotopic (exact) mass is 230 g/mol. The molecular formula is C14H18N2O. The Morgan fingerprint density at radius 3 is 2.76 bits per heavy atom. The number of nitrogens with zero attached hydrogens (tertiary/aromatic N) is 1. The van der Waals surface area contributed by atoms with E-state index in [9.17, 15) is 0 Å². The molecule has 0 saturated heterocycles. The molecule has 3 nitrogen and oxygen atoms in total. The van der Waals surface area contributed by atoms with Gasteiger partial charge in [0.2, 0.25) is 0 Å². The molecule has 1 aromatic heterocycles. The van der Waals surface area contributed by atoms with Crippen LogP contribution in [-0.2, 0) is 12.8 Å². The first kappa shape index (κ1) is 11.7. The predicted octanol–water partition coefficient (Wildman–Crippen LogP) is 3.12. The molecule has 0 aliphatic rings. The van der Waals surface area contributed by atoms with Gasteiger partial charge in [-0.1, -0.05) is 23.8 Å². The normalized spacial score (nSPS) is 10.5. The predicted molar refractivity (Wildman–Crippen MR) is 69.4 cm³/mol. The Morgan fingerprint density at radius 1 is 1.24 bits per heavy atom. The minimum Gasteiger partial charge on any atom is -0.432 e. The van der Waals surface area contributed by atoms with Crippen molar-refractivity contribution in [3.8, 4) is 0 Å². The molecule has 0 radical (unpaired) electrons. The molecule has 1 N–H and O–H groups in total. The summed E-state index contributed by atoms with van der Waals surface area (Å²) in [5, 5.41) is 2.89. The SMILES string of the molecule is CNc1nc(CCc2cc(C)ccc2C)co1. The van der Waals surface area contributed by atoms with Gasteiger partial charge in [0.05, 0.1) is 5.69 Å². The van der Waals surface area contributed by atoms with Crippen LogP contribution in [0, 0.1) is 13.8 Å². The largest absolute Gasteiger partial charge is 0.432 e. The summed E-state index contributed by atoms with van der Waals surface area (Å²) in [7, 11) is 1.81. The van der Waals surface area contributed by atoms with Crippen LogP contribution in [-0.4, -0.2) is 12.0 Å². The Kier molecular flexibility index (Phi) is 3.47. The van der Waals surface area contributed by atoms with Gasteiger partial charge in [0.1, 0.15) is 6.26 Å². The second-order valence-corrected chi connectivity index (χ2v) is 4.32. The van der Waals surface area contributed by atoms with Crippen molar-refractivity contribution in [1.29, 1.82) is 0 Å². The highest BCUT2D eigenvalue weighted by Gasteiger charge is 2.04. The van der Waals surface area contributed by atoms with Crippen molar-refractivity contribution in [3.05, 3.63) is 46.8 Å². The molecule has 0 bridgehead atoms. The third kappa shape index (κ3) is 2.87. The average Bonchev–Trinajstić information content (AvgIpc) is 2.78. The first-order valence-electron chi connectivity index (χ1n) is 5.87. The fourth-order valence-electron chi connectivity index (χ4n) is 1.87. The van der Waals surface area contributed by atoms with Crippen molar-refractivity contribution in [2.75, 3.05) is 12.4 Å². The van der Waals surface area contributed by atoms with E-state index in [0.717, 1.165) is 18.5 Å². The maximum absolute atomic E-state index is 5.23. The minimum atomic E-state index is 0.584. The highest BCUT2D eigenvalue weighted by Crippen LogP contribution is 2.14. The summed E-state index contributed by atoms with van der Waals surface area (Å²) in [4.78, 5) is 4.32. The Bertz CT molecular complexity index is 503. The van der Waals surface area contributed by atoms with Crippen LogP contribution in [0.2, 0.25) is 0 Å². The zero-order valence-electron chi connectivity index (χ0n) is 10.6. The van der Waals surface area contributed by atoms with Gasteiger partial charge in [-0.3, -0.25) is 0 Å². The minimum absolute atomic E-state index is 0.584. The maximum atomic E-state index is 5.23. The topological polar surface area (TPSA) is 38.1 Å². The molecule has 90 valence electrons. The van der Waals surface area contributed by atoms with Gasteiger partial charge in [-0.2, -0.15) is 4.98 Å². The van der Waals surface area contributed by atoms with Crippen molar-refractivity contribution < 1.29 is 4.42 Å². The summed E-state index contributed by atoms with van der Waals surface area (Å²) < 4.78 is 5.23. The van der Waals surface area contributed by atoms with Gasteiger partial charge in [-0.15, -0.1) is 0 Å². The molecule has 0 amide bonds. The lowest BCUT2D eigenvalue weighted by Gasteiger charge is -2.05. The molecule has 0 saturated carbocycles. The smallest absolute Gasteiger partial charge is 0.294 e. The van der Waals surface area contributed by atoms with E-state index in [4.69, 9.17) is 4.42 Å². The summed E-state index contributed by atoms with van der Waals surface area (Å²) >= 11 is 0. The van der Waals surface area contributed by atoms with Crippen LogP contribution in [0.3, 0.4) is 0 Å². The standard InChI is InChI=1S/C14H18N2O/c1-10-4-5-11(2)12(8-10)6-7-13-9-17-14(15-3)16-13/h4-5,8-9H,6-7H2,1-3H3,(H,15,16). The van der Waals surface area contributed by atoms with Crippen molar-refractivity contribution in [1.82, 2.24) is 4.98 Å². The molecule has 3 heteroatoms. The molecule has 1 heterocycles. The Hall–Kier alpha value is -1.77. The molecule has 0 aliphatic carbocycles. The number of aryl methyl sites for hydroxylation is 4. The molecular weight excluding hydrogens is 212 g/mol. The summed E-state index contributed by atoms with van der Waals surface area (Å²) in [6.07, 6.45) is 3.63. The number of oxazole rings is 1. The molecule has 2 aromatic rings. The van der Waals surface area contributed by atoms with Gasteiger partial charge >= 0.3 is 0 Å². The Labute approximate surface area is 102 Å². The maximum Gasteiger partial charge on any atom is 0.294 e. The van der Waals surface area contributed by atoms with E-state index < -0.39 is 0 Å². The quantitative estimate of drug-likeness (QED) is 0.877. The van der Waals surface area contributed by atoms with E-state index in [-0.39, 0.29) is 0 Å². The van der Waals surface area contributed by atoms with Gasteiger partial charge in [0, 0.05) is 7.05 Å². The Morgan fingerprint density at radius 2 is 2.06 bits per heavy atom. The molecule has 17 heavy (non-hydrogen) atoms. The van der Waals surface area contributed by atoms with Crippen molar-refractivity contribution in [3.63, 3.8) is 0 Å². The van der Waals surface area contributed by atoms with Crippen LogP contribution in [0.4, 0.5) is 6.01 Å². The average molecular weight is 230 g/mol. The first-order chi connectivity index (χ1) is 8.19. The molecule has 0 fully saturated rings. The first-order valence-corrected chi connectivity index (χ1v) is 5.87. The second kappa shape index (κ2) is 5.04. The third-order valence-corrected chi connectivity index (χ3v) is 2.92. The van der Waals surface area contributed by atoms with Gasteiger partial charge in [0.25, 0.3) is 6.01 Å². The molecule has 0 aliphatic heterocycles. The number of rotatable bonds is 4. The highest BCUT2D eigenvalue weighted by molar-refractivity contribution is 5.31. The van der Waals surface area contributed by atoms with E-state index in [1.54, 1.807) is 13.3 Å². The van der Waals surface area contributed by atoms with Crippen LogP contribution in [0.25, 0.3) is 0 Å². The molecule has 0 atom stereocenters. The van der Waals surface area contributed by atoms with E-state index in [2.05, 4.69) is 42.3 Å². The lowest BCUT2D eigenvalue weighted by Crippen LogP contribution is -1.96.